The first-order valence-corrected chi connectivity index (χ1v) is 7.94. The summed E-state index contributed by atoms with van der Waals surface area (Å²) in [6, 6.07) is 13.2. The highest BCUT2D eigenvalue weighted by molar-refractivity contribution is 6.08. The van der Waals surface area contributed by atoms with E-state index >= 15 is 0 Å². The van der Waals surface area contributed by atoms with Gasteiger partial charge in [-0.3, -0.25) is 4.98 Å². The molecule has 0 radical (unpaired) electrons. The Morgan fingerprint density at radius 2 is 2.00 bits per heavy atom. The number of aromatic nitrogens is 2. The molecular formula is C21H20N2O. The maximum absolute atomic E-state index is 8.19. The van der Waals surface area contributed by atoms with Crippen LogP contribution in [0.2, 0.25) is 0 Å². The molecule has 0 unspecified atom stereocenters. The fourth-order valence-corrected chi connectivity index (χ4v) is 2.86. The van der Waals surface area contributed by atoms with Crippen LogP contribution >= 0.6 is 0 Å². The van der Waals surface area contributed by atoms with Gasteiger partial charge in [0, 0.05) is 32.3 Å². The van der Waals surface area contributed by atoms with E-state index in [0.717, 1.165) is 16.3 Å². The summed E-state index contributed by atoms with van der Waals surface area (Å²) in [6.45, 7) is 5.11. The van der Waals surface area contributed by atoms with Gasteiger partial charge >= 0.3 is 0 Å². The van der Waals surface area contributed by atoms with Gasteiger partial charge in [0.05, 0.1) is 5.69 Å². The minimum atomic E-state index is -1.43. The molecule has 4 rings (SSSR count). The van der Waals surface area contributed by atoms with E-state index in [2.05, 4.69) is 9.97 Å². The van der Waals surface area contributed by atoms with Crippen LogP contribution in [0.5, 0.6) is 0 Å². The maximum Gasteiger partial charge on any atom is 0.227 e. The third kappa shape index (κ3) is 2.37. The maximum atomic E-state index is 8.19. The highest BCUT2D eigenvalue weighted by atomic mass is 16.3. The van der Waals surface area contributed by atoms with Crippen LogP contribution in [0, 0.1) is 0 Å². The third-order valence-electron chi connectivity index (χ3n) is 4.20. The summed E-state index contributed by atoms with van der Waals surface area (Å²) < 4.78 is 29.9. The van der Waals surface area contributed by atoms with Crippen LogP contribution in [0.15, 0.2) is 53.1 Å². The Morgan fingerprint density at radius 1 is 1.12 bits per heavy atom. The fourth-order valence-electron chi connectivity index (χ4n) is 2.86. The van der Waals surface area contributed by atoms with E-state index in [1.807, 2.05) is 36.4 Å². The van der Waals surface area contributed by atoms with Crippen molar-refractivity contribution in [2.24, 2.45) is 0 Å². The van der Waals surface area contributed by atoms with E-state index in [0.29, 0.717) is 28.2 Å². The van der Waals surface area contributed by atoms with E-state index in [1.165, 1.54) is 6.92 Å². The first-order chi connectivity index (χ1) is 12.6. The number of hydrogen-bond donors (Lipinski definition) is 0. The quantitative estimate of drug-likeness (QED) is 0.484. The summed E-state index contributed by atoms with van der Waals surface area (Å²) in [5.41, 5.74) is 3.95. The van der Waals surface area contributed by atoms with Gasteiger partial charge in [-0.05, 0) is 42.1 Å². The molecule has 0 amide bonds. The zero-order valence-corrected chi connectivity index (χ0v) is 13.9. The lowest BCUT2D eigenvalue weighted by Gasteiger charge is -2.02. The Bertz CT molecular complexity index is 1140. The molecule has 1 aromatic carbocycles. The number of aryl methyl sites for hydroxylation is 1. The van der Waals surface area contributed by atoms with Gasteiger partial charge in [-0.2, -0.15) is 0 Å². The van der Waals surface area contributed by atoms with Gasteiger partial charge in [0.2, 0.25) is 5.71 Å². The van der Waals surface area contributed by atoms with Crippen molar-refractivity contribution in [3.8, 4) is 11.3 Å². The summed E-state index contributed by atoms with van der Waals surface area (Å²) in [4.78, 5) is 8.98. The van der Waals surface area contributed by atoms with Gasteiger partial charge in [-0.25, -0.2) is 4.98 Å². The van der Waals surface area contributed by atoms with Crippen molar-refractivity contribution < 1.29 is 8.53 Å². The van der Waals surface area contributed by atoms with E-state index in [-0.39, 0.29) is 0 Å². The van der Waals surface area contributed by atoms with Gasteiger partial charge < -0.3 is 4.42 Å². The van der Waals surface area contributed by atoms with E-state index < -0.39 is 12.3 Å². The summed E-state index contributed by atoms with van der Waals surface area (Å²) in [7, 11) is 0. The molecule has 0 aliphatic rings. The lowest BCUT2D eigenvalue weighted by atomic mass is 10.1. The predicted octanol–water partition coefficient (Wildman–Crippen LogP) is 5.73. The molecule has 120 valence electrons. The van der Waals surface area contributed by atoms with E-state index in [9.17, 15) is 0 Å². The van der Waals surface area contributed by atoms with Crippen molar-refractivity contribution in [1.82, 2.24) is 9.97 Å². The molecule has 0 spiro atoms. The van der Waals surface area contributed by atoms with Crippen LogP contribution in [0.25, 0.3) is 33.3 Å². The van der Waals surface area contributed by atoms with Crippen molar-refractivity contribution in [3.63, 3.8) is 0 Å². The highest BCUT2D eigenvalue weighted by Crippen LogP contribution is 2.34. The molecule has 0 atom stereocenters. The number of pyridine rings is 2. The van der Waals surface area contributed by atoms with Crippen molar-refractivity contribution in [3.05, 3.63) is 59.9 Å². The zero-order chi connectivity index (χ0) is 19.4. The smallest absolute Gasteiger partial charge is 0.227 e. The Balaban J connectivity index is 1.89. The monoisotopic (exact) mass is 319 g/mol. The number of furan rings is 1. The number of benzene rings is 1. The average Bonchev–Trinajstić information content (AvgIpc) is 2.98. The third-order valence-corrected chi connectivity index (χ3v) is 4.20. The second-order valence-corrected chi connectivity index (χ2v) is 6.02. The van der Waals surface area contributed by atoms with E-state index in [4.69, 9.17) is 8.53 Å². The second-order valence-electron chi connectivity index (χ2n) is 6.02. The molecule has 0 saturated heterocycles. The Kier molecular flexibility index (Phi) is 2.83. The number of hydrogen-bond acceptors (Lipinski definition) is 3. The molecule has 0 saturated carbocycles. The molecule has 3 heterocycles. The summed E-state index contributed by atoms with van der Waals surface area (Å²) >= 11 is 0. The zero-order valence-electron chi connectivity index (χ0n) is 16.9. The van der Waals surface area contributed by atoms with Crippen molar-refractivity contribution in [1.29, 1.82) is 0 Å². The molecule has 0 aliphatic carbocycles. The predicted molar refractivity (Wildman–Crippen MR) is 98.2 cm³/mol. The molecule has 0 bridgehead atoms. The van der Waals surface area contributed by atoms with Gasteiger partial charge in [-0.1, -0.05) is 39.0 Å². The molecule has 4 aromatic rings. The normalized spacial score (nSPS) is 14.5. The number of fused-ring (bicyclic) bond motifs is 3. The summed E-state index contributed by atoms with van der Waals surface area (Å²) in [5.74, 6) is -0.799. The lowest BCUT2D eigenvalue weighted by Crippen LogP contribution is -1.90. The minimum Gasteiger partial charge on any atom is -0.437 e. The van der Waals surface area contributed by atoms with Gasteiger partial charge in [0.15, 0.2) is 0 Å². The standard InChI is InChI=1S/C21H20N2O/c1-4-14-8-10-19(22-12-14)17-7-5-6-15-16-9-11-18(13(2)3)23-21(16)24-20(15)17/h5-13H,4H2,1-3H3/i4D2,13D. The van der Waals surface area contributed by atoms with Crippen LogP contribution in [0.3, 0.4) is 0 Å². The van der Waals surface area contributed by atoms with Gasteiger partial charge in [-0.15, -0.1) is 0 Å². The lowest BCUT2D eigenvalue weighted by molar-refractivity contribution is 0.648. The molecular weight excluding hydrogens is 296 g/mol. The number of para-hydroxylation sites is 1. The Labute approximate surface area is 145 Å². The van der Waals surface area contributed by atoms with E-state index in [1.54, 1.807) is 26.1 Å². The topological polar surface area (TPSA) is 38.9 Å². The van der Waals surface area contributed by atoms with Crippen LogP contribution < -0.4 is 0 Å². The molecule has 0 fully saturated rings. The molecule has 24 heavy (non-hydrogen) atoms. The molecule has 0 N–H and O–H groups in total. The van der Waals surface area contributed by atoms with Crippen LogP contribution in [0.1, 0.15) is 42.0 Å². The molecule has 0 aliphatic heterocycles. The Morgan fingerprint density at radius 3 is 2.71 bits per heavy atom. The van der Waals surface area contributed by atoms with Crippen molar-refractivity contribution in [2.75, 3.05) is 0 Å². The highest BCUT2D eigenvalue weighted by Gasteiger charge is 2.14. The first kappa shape index (κ1) is 11.8. The van der Waals surface area contributed by atoms with Crippen molar-refractivity contribution >= 4 is 22.1 Å². The molecule has 3 aromatic heterocycles. The summed E-state index contributed by atoms with van der Waals surface area (Å²) in [5, 5.41) is 1.85. The minimum absolute atomic E-state index is 0.511. The van der Waals surface area contributed by atoms with Gasteiger partial charge in [0.1, 0.15) is 5.58 Å². The average molecular weight is 319 g/mol. The molecule has 3 nitrogen and oxygen atoms in total. The van der Waals surface area contributed by atoms with Gasteiger partial charge in [0.25, 0.3) is 0 Å². The SMILES string of the molecule is [2H]C([2H])(C)c1ccc(-c2cccc3c2oc2nc(C([2H])(C)C)ccc23)nc1. The van der Waals surface area contributed by atoms with Crippen molar-refractivity contribution in [2.45, 2.75) is 33.0 Å². The summed E-state index contributed by atoms with van der Waals surface area (Å²) in [6.07, 6.45) is 0.135. The Hall–Kier alpha value is -2.68. The van der Waals surface area contributed by atoms with Crippen LogP contribution in [0.4, 0.5) is 0 Å². The number of nitrogens with zero attached hydrogens (tertiary/aromatic N) is 2. The van der Waals surface area contributed by atoms with Crippen LogP contribution in [-0.2, 0) is 6.37 Å². The largest absolute Gasteiger partial charge is 0.437 e. The van der Waals surface area contributed by atoms with Crippen LogP contribution in [-0.4, -0.2) is 9.97 Å². The number of rotatable bonds is 3. The fraction of sp³-hybridized carbons (Fsp3) is 0.238. The second kappa shape index (κ2) is 5.75. The molecule has 3 heteroatoms. The first-order valence-electron chi connectivity index (χ1n) is 9.44.